The van der Waals surface area contributed by atoms with Crippen LogP contribution in [0.15, 0.2) is 18.2 Å². The van der Waals surface area contributed by atoms with Crippen molar-refractivity contribution in [2.75, 3.05) is 34.9 Å². The Morgan fingerprint density at radius 1 is 1.23 bits per heavy atom. The molecule has 2 fully saturated rings. The van der Waals surface area contributed by atoms with Gasteiger partial charge in [0.2, 0.25) is 5.91 Å². The molecule has 2 saturated heterocycles. The number of amides is 2. The first-order valence-corrected chi connectivity index (χ1v) is 10.8. The van der Waals surface area contributed by atoms with E-state index in [9.17, 15) is 14.4 Å². The molecule has 31 heavy (non-hydrogen) atoms. The summed E-state index contributed by atoms with van der Waals surface area (Å²) in [6.07, 6.45) is 0.783. The molecule has 2 heterocycles. The molecule has 2 aliphatic rings. The van der Waals surface area contributed by atoms with E-state index >= 15 is 0 Å². The topological polar surface area (TPSA) is 97.4 Å². The van der Waals surface area contributed by atoms with Crippen molar-refractivity contribution in [3.05, 3.63) is 23.8 Å². The molecule has 0 aromatic heterocycles. The van der Waals surface area contributed by atoms with Gasteiger partial charge in [0.05, 0.1) is 26.0 Å². The summed E-state index contributed by atoms with van der Waals surface area (Å²) < 4.78 is 9.90. The highest BCUT2D eigenvalue weighted by Gasteiger charge is 2.69. The van der Waals surface area contributed by atoms with E-state index in [-0.39, 0.29) is 28.3 Å². The van der Waals surface area contributed by atoms with Crippen molar-refractivity contribution in [2.45, 2.75) is 42.3 Å². The fourth-order valence-electron chi connectivity index (χ4n) is 4.22. The number of nitrogens with zero attached hydrogens (tertiary/aromatic N) is 2. The summed E-state index contributed by atoms with van der Waals surface area (Å²) in [4.78, 5) is 47.7. The monoisotopic (exact) mass is 451 g/mol. The summed E-state index contributed by atoms with van der Waals surface area (Å²) in [6, 6.07) is 4.90. The van der Waals surface area contributed by atoms with Crippen LogP contribution in [0.4, 0.5) is 0 Å². The first kappa shape index (κ1) is 23.2. The van der Waals surface area contributed by atoms with Crippen LogP contribution in [0, 0.1) is 0 Å². The van der Waals surface area contributed by atoms with Gasteiger partial charge < -0.3 is 24.1 Å². The third kappa shape index (κ3) is 3.82. The maximum atomic E-state index is 13.5. The molecular formula is C21H29N3O6S. The fourth-order valence-corrected chi connectivity index (χ4v) is 6.01. The Bertz CT molecular complexity index is 868. The Hall–Kier alpha value is -2.46. The second kappa shape index (κ2) is 8.58. The van der Waals surface area contributed by atoms with Crippen molar-refractivity contribution in [3.63, 3.8) is 0 Å². The molecule has 0 bridgehead atoms. The van der Waals surface area contributed by atoms with Gasteiger partial charge in [-0.2, -0.15) is 5.48 Å². The number of hydrogen-bond acceptors (Lipinski definition) is 8. The van der Waals surface area contributed by atoms with Crippen LogP contribution < -0.4 is 15.0 Å². The van der Waals surface area contributed by atoms with Crippen molar-refractivity contribution in [2.24, 2.45) is 0 Å². The molecule has 0 aliphatic carbocycles. The Balaban J connectivity index is 1.86. The van der Waals surface area contributed by atoms with Crippen LogP contribution in [0.1, 0.15) is 37.0 Å². The Kier molecular flexibility index (Phi) is 6.43. The number of hydrogen-bond donors (Lipinski definition) is 1. The standard InChI is InChI=1S/C21H29N3O6S/c1-20(2)21(10-11-23(3)4,24-15(25)12-16(24)31-20)19(27)30-22-18(26)17-13(28-5)8-7-9-14(17)29-6/h7-9,16H,10-12H2,1-6H3,(H,22,26)/t16-,21+/m1/s1. The van der Waals surface area contributed by atoms with Gasteiger partial charge in [0.15, 0.2) is 5.54 Å². The summed E-state index contributed by atoms with van der Waals surface area (Å²) in [6.45, 7) is 4.44. The van der Waals surface area contributed by atoms with Gasteiger partial charge in [0, 0.05) is 11.3 Å². The molecule has 2 atom stereocenters. The van der Waals surface area contributed by atoms with Crippen LogP contribution in [-0.4, -0.2) is 78.1 Å². The zero-order chi connectivity index (χ0) is 23.0. The molecule has 170 valence electrons. The molecule has 10 heteroatoms. The Morgan fingerprint density at radius 2 is 1.84 bits per heavy atom. The third-order valence-electron chi connectivity index (χ3n) is 5.89. The van der Waals surface area contributed by atoms with Gasteiger partial charge in [-0.25, -0.2) is 4.79 Å². The quantitative estimate of drug-likeness (QED) is 0.494. The van der Waals surface area contributed by atoms with Gasteiger partial charge in [0.1, 0.15) is 17.1 Å². The molecule has 2 aliphatic heterocycles. The van der Waals surface area contributed by atoms with Crippen LogP contribution in [0.25, 0.3) is 0 Å². The average Bonchev–Trinajstić information content (AvgIpc) is 2.91. The molecule has 3 rings (SSSR count). The van der Waals surface area contributed by atoms with E-state index in [1.54, 1.807) is 34.9 Å². The number of nitrogens with one attached hydrogen (secondary N) is 1. The Labute approximate surface area is 186 Å². The summed E-state index contributed by atoms with van der Waals surface area (Å²) >= 11 is 1.58. The smallest absolute Gasteiger partial charge is 0.359 e. The highest BCUT2D eigenvalue weighted by Crippen LogP contribution is 2.58. The fraction of sp³-hybridized carbons (Fsp3) is 0.571. The highest BCUT2D eigenvalue weighted by molar-refractivity contribution is 8.01. The van der Waals surface area contributed by atoms with E-state index < -0.39 is 22.2 Å². The van der Waals surface area contributed by atoms with Gasteiger partial charge in [-0.3, -0.25) is 9.59 Å². The van der Waals surface area contributed by atoms with Gasteiger partial charge in [-0.1, -0.05) is 6.07 Å². The minimum atomic E-state index is -1.19. The normalized spacial score (nSPS) is 23.8. The van der Waals surface area contributed by atoms with Crippen molar-refractivity contribution in [3.8, 4) is 11.5 Å². The summed E-state index contributed by atoms with van der Waals surface area (Å²) in [5.74, 6) is -0.864. The third-order valence-corrected chi connectivity index (χ3v) is 7.47. The maximum Gasteiger partial charge on any atom is 0.359 e. The van der Waals surface area contributed by atoms with Crippen molar-refractivity contribution >= 4 is 29.5 Å². The minimum Gasteiger partial charge on any atom is -0.496 e. The SMILES string of the molecule is COc1cccc(OC)c1C(=O)NOC(=O)[C@]1(CCN(C)C)N2C(=O)C[C@H]2SC1(C)C. The molecule has 1 aromatic rings. The van der Waals surface area contributed by atoms with Crippen molar-refractivity contribution in [1.82, 2.24) is 15.3 Å². The van der Waals surface area contributed by atoms with Crippen molar-refractivity contribution < 1.29 is 28.7 Å². The Morgan fingerprint density at radius 3 is 2.35 bits per heavy atom. The molecular weight excluding hydrogens is 422 g/mol. The van der Waals surface area contributed by atoms with E-state index in [0.717, 1.165) is 0 Å². The van der Waals surface area contributed by atoms with Crippen LogP contribution in [0.2, 0.25) is 0 Å². The van der Waals surface area contributed by atoms with Gasteiger partial charge >= 0.3 is 5.97 Å². The summed E-state index contributed by atoms with van der Waals surface area (Å²) in [7, 11) is 6.67. The van der Waals surface area contributed by atoms with Crippen LogP contribution in [0.5, 0.6) is 11.5 Å². The zero-order valence-electron chi connectivity index (χ0n) is 18.7. The second-order valence-corrected chi connectivity index (χ2v) is 10.1. The lowest BCUT2D eigenvalue weighted by Crippen LogP contribution is -2.68. The molecule has 1 aromatic carbocycles. The number of thioether (sulfide) groups is 1. The van der Waals surface area contributed by atoms with Crippen LogP contribution in [0.3, 0.4) is 0 Å². The number of hydroxylamine groups is 1. The number of methoxy groups -OCH3 is 2. The number of rotatable bonds is 7. The molecule has 9 nitrogen and oxygen atoms in total. The number of ether oxygens (including phenoxy) is 2. The number of carbonyl (C=O) groups excluding carboxylic acids is 3. The lowest BCUT2D eigenvalue weighted by molar-refractivity contribution is -0.177. The van der Waals surface area contributed by atoms with Crippen molar-refractivity contribution in [1.29, 1.82) is 0 Å². The largest absolute Gasteiger partial charge is 0.496 e. The summed E-state index contributed by atoms with van der Waals surface area (Å²) in [5, 5.41) is -0.0674. The van der Waals surface area contributed by atoms with E-state index in [4.69, 9.17) is 14.3 Å². The number of β-lactam (4-membered cyclic amide) rings is 1. The average molecular weight is 452 g/mol. The van der Waals surface area contributed by atoms with E-state index in [1.165, 1.54) is 14.2 Å². The molecule has 0 unspecified atom stereocenters. The maximum absolute atomic E-state index is 13.5. The van der Waals surface area contributed by atoms with Gasteiger partial charge in [-0.05, 0) is 46.5 Å². The van der Waals surface area contributed by atoms with E-state index in [2.05, 4.69) is 5.48 Å². The highest BCUT2D eigenvalue weighted by atomic mass is 32.2. The van der Waals surface area contributed by atoms with E-state index in [1.807, 2.05) is 32.8 Å². The second-order valence-electron chi connectivity index (χ2n) is 8.32. The van der Waals surface area contributed by atoms with Crippen LogP contribution >= 0.6 is 11.8 Å². The lowest BCUT2D eigenvalue weighted by atomic mass is 9.78. The molecule has 0 radical (unpaired) electrons. The van der Waals surface area contributed by atoms with Crippen LogP contribution in [-0.2, 0) is 14.4 Å². The molecule has 0 spiro atoms. The number of benzene rings is 1. The number of fused-ring (bicyclic) bond motifs is 1. The zero-order valence-corrected chi connectivity index (χ0v) is 19.5. The molecule has 1 N–H and O–H groups in total. The number of carbonyl (C=O) groups is 3. The van der Waals surface area contributed by atoms with E-state index in [0.29, 0.717) is 19.4 Å². The predicted octanol–water partition coefficient (Wildman–Crippen LogP) is 1.67. The van der Waals surface area contributed by atoms with Gasteiger partial charge in [-0.15, -0.1) is 11.8 Å². The molecule has 0 saturated carbocycles. The lowest BCUT2D eigenvalue weighted by Gasteiger charge is -2.47. The predicted molar refractivity (Wildman–Crippen MR) is 116 cm³/mol. The summed E-state index contributed by atoms with van der Waals surface area (Å²) in [5.41, 5.74) is 1.16. The first-order chi connectivity index (χ1) is 14.6. The van der Waals surface area contributed by atoms with Gasteiger partial charge in [0.25, 0.3) is 5.91 Å². The minimum absolute atomic E-state index is 0.0674. The first-order valence-electron chi connectivity index (χ1n) is 9.96. The molecule has 2 amide bonds.